The predicted molar refractivity (Wildman–Crippen MR) is 128 cm³/mol. The molecule has 2 atom stereocenters. The number of hydrogen-bond donors (Lipinski definition) is 1. The Hall–Kier alpha value is -3.42. The number of ether oxygens (including phenoxy) is 2. The van der Waals surface area contributed by atoms with E-state index in [2.05, 4.69) is 5.32 Å². The summed E-state index contributed by atoms with van der Waals surface area (Å²) in [6.45, 7) is 0.540. The molecule has 3 aromatic rings. The first kappa shape index (κ1) is 23.7. The Kier molecular flexibility index (Phi) is 7.14. The van der Waals surface area contributed by atoms with Crippen LogP contribution in [0.2, 0.25) is 5.02 Å². The summed E-state index contributed by atoms with van der Waals surface area (Å²) in [6.07, 6.45) is 0. The van der Waals surface area contributed by atoms with Gasteiger partial charge in [-0.05, 0) is 47.5 Å². The predicted octanol–water partition coefficient (Wildman–Crippen LogP) is 5.05. The summed E-state index contributed by atoms with van der Waals surface area (Å²) in [5, 5.41) is 3.36. The third kappa shape index (κ3) is 4.62. The normalized spacial score (nSPS) is 17.3. The number of carbonyl (C=O) groups is 2. The number of methoxy groups -OCH3 is 2. The fraction of sp³-hybridized carbons (Fsp3) is 0.231. The van der Waals surface area contributed by atoms with Crippen LogP contribution in [-0.2, 0) is 9.53 Å². The second-order valence-electron chi connectivity index (χ2n) is 7.89. The molecular weight excluding hydrogens is 459 g/mol. The minimum absolute atomic E-state index is 0.216. The third-order valence-electron chi connectivity index (χ3n) is 5.89. The van der Waals surface area contributed by atoms with Crippen LogP contribution in [0.5, 0.6) is 5.75 Å². The molecule has 0 radical (unpaired) electrons. The van der Waals surface area contributed by atoms with E-state index in [4.69, 9.17) is 21.1 Å². The maximum absolute atomic E-state index is 13.8. The first-order valence-electron chi connectivity index (χ1n) is 10.7. The minimum Gasteiger partial charge on any atom is -0.495 e. The lowest BCUT2D eigenvalue weighted by atomic mass is 9.79. The number of benzene rings is 3. The number of nitrogens with one attached hydrogen (secondary N) is 1. The molecule has 3 aromatic carbocycles. The van der Waals surface area contributed by atoms with E-state index in [-0.39, 0.29) is 25.0 Å². The average Bonchev–Trinajstić information content (AvgIpc) is 2.84. The highest BCUT2D eigenvalue weighted by atomic mass is 35.5. The van der Waals surface area contributed by atoms with Crippen molar-refractivity contribution in [3.63, 3.8) is 0 Å². The maximum Gasteiger partial charge on any atom is 0.254 e. The lowest BCUT2D eigenvalue weighted by Crippen LogP contribution is -2.47. The molecule has 1 aliphatic heterocycles. The van der Waals surface area contributed by atoms with E-state index >= 15 is 0 Å². The molecule has 2 amide bonds. The molecule has 0 saturated heterocycles. The van der Waals surface area contributed by atoms with Crippen LogP contribution in [0.15, 0.2) is 66.7 Å². The van der Waals surface area contributed by atoms with Crippen molar-refractivity contribution in [1.29, 1.82) is 0 Å². The van der Waals surface area contributed by atoms with Gasteiger partial charge in [0.25, 0.3) is 5.91 Å². The molecule has 0 unspecified atom stereocenters. The van der Waals surface area contributed by atoms with Gasteiger partial charge in [0.1, 0.15) is 11.6 Å². The number of carbonyl (C=O) groups excluding carboxylic acids is 2. The van der Waals surface area contributed by atoms with Gasteiger partial charge < -0.3 is 19.7 Å². The number of halogens is 2. The summed E-state index contributed by atoms with van der Waals surface area (Å²) in [5.74, 6) is -1.30. The van der Waals surface area contributed by atoms with Crippen molar-refractivity contribution in [2.75, 3.05) is 32.7 Å². The van der Waals surface area contributed by atoms with E-state index in [1.807, 2.05) is 0 Å². The van der Waals surface area contributed by atoms with E-state index < -0.39 is 17.8 Å². The number of fused-ring (bicyclic) bond motifs is 1. The molecule has 0 spiro atoms. The van der Waals surface area contributed by atoms with E-state index in [9.17, 15) is 14.0 Å². The van der Waals surface area contributed by atoms with Crippen molar-refractivity contribution >= 4 is 29.1 Å². The summed E-state index contributed by atoms with van der Waals surface area (Å²) < 4.78 is 24.3. The highest BCUT2D eigenvalue weighted by Crippen LogP contribution is 2.43. The Morgan fingerprint density at radius 2 is 1.82 bits per heavy atom. The average molecular weight is 483 g/mol. The Bertz CT molecular complexity index is 1200. The lowest BCUT2D eigenvalue weighted by molar-refractivity contribution is -0.119. The molecule has 4 rings (SSSR count). The summed E-state index contributed by atoms with van der Waals surface area (Å²) >= 11 is 6.15. The number of nitrogens with zero attached hydrogens (tertiary/aromatic N) is 1. The standard InChI is InChI=1S/C26H24ClFN2O4/c1-33-14-13-30-24(16-7-10-18(28)11-8-16)23(19-5-3-4-6-20(19)26(30)32)25(31)29-21-15-17(27)9-12-22(21)34-2/h3-12,15,23-24H,13-14H2,1-2H3,(H,29,31)/t23-,24-/m1/s1. The largest absolute Gasteiger partial charge is 0.495 e. The van der Waals surface area contributed by atoms with Crippen molar-refractivity contribution in [2.45, 2.75) is 12.0 Å². The molecule has 34 heavy (non-hydrogen) atoms. The molecule has 0 aliphatic carbocycles. The van der Waals surface area contributed by atoms with E-state index in [1.165, 1.54) is 19.2 Å². The molecule has 0 saturated carbocycles. The summed E-state index contributed by atoms with van der Waals surface area (Å²) in [4.78, 5) is 28.9. The lowest BCUT2D eigenvalue weighted by Gasteiger charge is -2.41. The first-order valence-corrected chi connectivity index (χ1v) is 11.1. The molecule has 1 aliphatic rings. The van der Waals surface area contributed by atoms with Gasteiger partial charge in [-0.1, -0.05) is 41.9 Å². The van der Waals surface area contributed by atoms with Crippen LogP contribution in [0.4, 0.5) is 10.1 Å². The molecular formula is C26H24ClFN2O4. The van der Waals surface area contributed by atoms with E-state index in [0.717, 1.165) is 0 Å². The number of amides is 2. The van der Waals surface area contributed by atoms with Crippen molar-refractivity contribution in [2.24, 2.45) is 0 Å². The molecule has 1 heterocycles. The van der Waals surface area contributed by atoms with Gasteiger partial charge in [0.05, 0.1) is 31.4 Å². The van der Waals surface area contributed by atoms with Gasteiger partial charge in [-0.25, -0.2) is 4.39 Å². The Labute approximate surface area is 202 Å². The molecule has 0 fully saturated rings. The van der Waals surface area contributed by atoms with Gasteiger partial charge in [-0.2, -0.15) is 0 Å². The van der Waals surface area contributed by atoms with Crippen molar-refractivity contribution in [1.82, 2.24) is 4.90 Å². The summed E-state index contributed by atoms with van der Waals surface area (Å²) in [5.41, 5.74) is 2.08. The zero-order chi connectivity index (χ0) is 24.2. The molecule has 176 valence electrons. The fourth-order valence-corrected chi connectivity index (χ4v) is 4.50. The van der Waals surface area contributed by atoms with Gasteiger partial charge in [0.15, 0.2) is 0 Å². The van der Waals surface area contributed by atoms with Crippen LogP contribution in [-0.4, -0.2) is 44.1 Å². The maximum atomic E-state index is 13.8. The van der Waals surface area contributed by atoms with Gasteiger partial charge >= 0.3 is 0 Å². The molecule has 0 bridgehead atoms. The van der Waals surface area contributed by atoms with Gasteiger partial charge in [0, 0.05) is 24.2 Å². The zero-order valence-electron chi connectivity index (χ0n) is 18.8. The number of rotatable bonds is 7. The Morgan fingerprint density at radius 3 is 2.53 bits per heavy atom. The zero-order valence-corrected chi connectivity index (χ0v) is 19.5. The van der Waals surface area contributed by atoms with Crippen LogP contribution in [0.25, 0.3) is 0 Å². The van der Waals surface area contributed by atoms with Gasteiger partial charge in [0.2, 0.25) is 5.91 Å². The van der Waals surface area contributed by atoms with Gasteiger partial charge in [-0.3, -0.25) is 9.59 Å². The van der Waals surface area contributed by atoms with Crippen molar-refractivity contribution in [3.8, 4) is 5.75 Å². The number of anilines is 1. The second kappa shape index (κ2) is 10.2. The van der Waals surface area contributed by atoms with E-state index in [0.29, 0.717) is 33.1 Å². The molecule has 8 heteroatoms. The summed E-state index contributed by atoms with van der Waals surface area (Å²) in [6, 6.07) is 17.1. The van der Waals surface area contributed by atoms with Crippen LogP contribution < -0.4 is 10.1 Å². The highest BCUT2D eigenvalue weighted by Gasteiger charge is 2.44. The monoisotopic (exact) mass is 482 g/mol. The topological polar surface area (TPSA) is 67.9 Å². The van der Waals surface area contributed by atoms with Crippen LogP contribution >= 0.6 is 11.6 Å². The minimum atomic E-state index is -0.778. The smallest absolute Gasteiger partial charge is 0.254 e. The third-order valence-corrected chi connectivity index (χ3v) is 6.12. The highest BCUT2D eigenvalue weighted by molar-refractivity contribution is 6.31. The van der Waals surface area contributed by atoms with Crippen molar-refractivity contribution < 1.29 is 23.5 Å². The van der Waals surface area contributed by atoms with Crippen LogP contribution in [0, 0.1) is 5.82 Å². The van der Waals surface area contributed by atoms with E-state index in [1.54, 1.807) is 66.6 Å². The quantitative estimate of drug-likeness (QED) is 0.511. The second-order valence-corrected chi connectivity index (χ2v) is 8.32. The first-order chi connectivity index (χ1) is 16.4. The SMILES string of the molecule is COCCN1C(=O)c2ccccc2[C@@H](C(=O)Nc2cc(Cl)ccc2OC)[C@H]1c1ccc(F)cc1. The molecule has 6 nitrogen and oxygen atoms in total. The van der Waals surface area contributed by atoms with Crippen LogP contribution in [0.1, 0.15) is 33.4 Å². The van der Waals surface area contributed by atoms with Crippen molar-refractivity contribution in [3.05, 3.63) is 94.3 Å². The van der Waals surface area contributed by atoms with Gasteiger partial charge in [-0.15, -0.1) is 0 Å². The molecule has 0 aromatic heterocycles. The number of hydrogen-bond acceptors (Lipinski definition) is 4. The molecule has 1 N–H and O–H groups in total. The van der Waals surface area contributed by atoms with Crippen LogP contribution in [0.3, 0.4) is 0 Å². The Balaban J connectivity index is 1.84. The summed E-state index contributed by atoms with van der Waals surface area (Å²) in [7, 11) is 3.05. The Morgan fingerprint density at radius 1 is 1.09 bits per heavy atom. The fourth-order valence-electron chi connectivity index (χ4n) is 4.33.